The van der Waals surface area contributed by atoms with Crippen LogP contribution in [0.5, 0.6) is 11.5 Å². The first kappa shape index (κ1) is 20.8. The summed E-state index contributed by atoms with van der Waals surface area (Å²) >= 11 is 0. The highest BCUT2D eigenvalue weighted by Gasteiger charge is 2.20. The van der Waals surface area contributed by atoms with Crippen LogP contribution in [0.15, 0.2) is 23.2 Å². The van der Waals surface area contributed by atoms with Gasteiger partial charge in [0, 0.05) is 12.6 Å². The van der Waals surface area contributed by atoms with E-state index >= 15 is 0 Å². The standard InChI is InChI=1S/C22H35N3O3/c1-3-23-22(25-17-9-11-18(26)12-10-17)24-15-16-8-13-20(27-2)21(14-16)28-19-6-4-5-7-19/h8,13-14,17-19,26H,3-7,9-12,15H2,1-2H3,(H2,23,24,25). The first-order valence-corrected chi connectivity index (χ1v) is 10.7. The Morgan fingerprint density at radius 2 is 1.86 bits per heavy atom. The van der Waals surface area contributed by atoms with Crippen molar-refractivity contribution in [1.82, 2.24) is 10.6 Å². The maximum absolute atomic E-state index is 9.69. The lowest BCUT2D eigenvalue weighted by atomic mass is 9.93. The minimum atomic E-state index is -0.143. The number of nitrogens with one attached hydrogen (secondary N) is 2. The zero-order chi connectivity index (χ0) is 19.8. The average molecular weight is 390 g/mol. The van der Waals surface area contributed by atoms with E-state index in [0.29, 0.717) is 18.7 Å². The van der Waals surface area contributed by atoms with Gasteiger partial charge in [0.1, 0.15) is 0 Å². The Balaban J connectivity index is 1.63. The molecule has 6 heteroatoms. The van der Waals surface area contributed by atoms with E-state index in [2.05, 4.69) is 23.6 Å². The second-order valence-corrected chi connectivity index (χ2v) is 7.85. The van der Waals surface area contributed by atoms with Gasteiger partial charge in [-0.1, -0.05) is 6.07 Å². The average Bonchev–Trinajstić information content (AvgIpc) is 3.21. The quantitative estimate of drug-likeness (QED) is 0.492. The molecule has 156 valence electrons. The first-order valence-electron chi connectivity index (χ1n) is 10.7. The summed E-state index contributed by atoms with van der Waals surface area (Å²) in [5.41, 5.74) is 1.10. The lowest BCUT2D eigenvalue weighted by Crippen LogP contribution is -2.45. The molecule has 0 heterocycles. The number of guanidine groups is 1. The predicted octanol–water partition coefficient (Wildman–Crippen LogP) is 3.38. The van der Waals surface area contributed by atoms with Gasteiger partial charge in [0.05, 0.1) is 25.9 Å². The Morgan fingerprint density at radius 1 is 1.11 bits per heavy atom. The smallest absolute Gasteiger partial charge is 0.191 e. The minimum Gasteiger partial charge on any atom is -0.493 e. The van der Waals surface area contributed by atoms with Crippen LogP contribution >= 0.6 is 0 Å². The lowest BCUT2D eigenvalue weighted by molar-refractivity contribution is 0.120. The van der Waals surface area contributed by atoms with Gasteiger partial charge in [-0.05, 0) is 76.0 Å². The van der Waals surface area contributed by atoms with Crippen LogP contribution in [0.1, 0.15) is 63.9 Å². The highest BCUT2D eigenvalue weighted by Crippen LogP contribution is 2.32. The van der Waals surface area contributed by atoms with Crippen molar-refractivity contribution >= 4 is 5.96 Å². The molecule has 2 fully saturated rings. The molecule has 28 heavy (non-hydrogen) atoms. The molecule has 0 radical (unpaired) electrons. The van der Waals surface area contributed by atoms with Crippen molar-refractivity contribution in [2.45, 2.75) is 83.1 Å². The van der Waals surface area contributed by atoms with E-state index in [1.165, 1.54) is 12.8 Å². The Labute approximate surface area is 168 Å². The lowest BCUT2D eigenvalue weighted by Gasteiger charge is -2.27. The highest BCUT2D eigenvalue weighted by molar-refractivity contribution is 5.80. The van der Waals surface area contributed by atoms with Crippen molar-refractivity contribution < 1.29 is 14.6 Å². The Morgan fingerprint density at radius 3 is 2.54 bits per heavy atom. The molecule has 0 aliphatic heterocycles. The molecule has 2 aliphatic carbocycles. The van der Waals surface area contributed by atoms with E-state index in [4.69, 9.17) is 14.5 Å². The summed E-state index contributed by atoms with van der Waals surface area (Å²) in [5.74, 6) is 2.43. The van der Waals surface area contributed by atoms with Gasteiger partial charge < -0.3 is 25.2 Å². The summed E-state index contributed by atoms with van der Waals surface area (Å²) in [4.78, 5) is 4.76. The van der Waals surface area contributed by atoms with Crippen molar-refractivity contribution in [3.63, 3.8) is 0 Å². The van der Waals surface area contributed by atoms with Gasteiger partial charge in [0.2, 0.25) is 0 Å². The molecule has 2 aliphatic rings. The number of methoxy groups -OCH3 is 1. The van der Waals surface area contributed by atoms with Crippen LogP contribution in [0.2, 0.25) is 0 Å². The molecule has 1 aromatic carbocycles. The van der Waals surface area contributed by atoms with E-state index in [-0.39, 0.29) is 6.10 Å². The molecule has 0 atom stereocenters. The number of benzene rings is 1. The Kier molecular flexibility index (Phi) is 7.83. The van der Waals surface area contributed by atoms with Gasteiger partial charge >= 0.3 is 0 Å². The van der Waals surface area contributed by atoms with Crippen molar-refractivity contribution in [3.8, 4) is 11.5 Å². The largest absolute Gasteiger partial charge is 0.493 e. The molecule has 3 rings (SSSR count). The zero-order valence-electron chi connectivity index (χ0n) is 17.2. The molecule has 0 bridgehead atoms. The van der Waals surface area contributed by atoms with E-state index in [1.54, 1.807) is 7.11 Å². The number of rotatable bonds is 7. The maximum atomic E-state index is 9.69. The third-order valence-electron chi connectivity index (χ3n) is 5.63. The van der Waals surface area contributed by atoms with Crippen LogP contribution in [0.25, 0.3) is 0 Å². The number of hydrogen-bond acceptors (Lipinski definition) is 4. The molecule has 2 saturated carbocycles. The van der Waals surface area contributed by atoms with Gasteiger partial charge in [-0.3, -0.25) is 0 Å². The highest BCUT2D eigenvalue weighted by atomic mass is 16.5. The summed E-state index contributed by atoms with van der Waals surface area (Å²) in [5, 5.41) is 16.5. The van der Waals surface area contributed by atoms with Crippen LogP contribution in [0.4, 0.5) is 0 Å². The normalized spacial score (nSPS) is 23.5. The molecule has 0 amide bonds. The molecular formula is C22H35N3O3. The van der Waals surface area contributed by atoms with E-state index < -0.39 is 0 Å². The van der Waals surface area contributed by atoms with Crippen LogP contribution in [-0.4, -0.2) is 43.0 Å². The van der Waals surface area contributed by atoms with Crippen LogP contribution in [0, 0.1) is 0 Å². The number of hydrogen-bond donors (Lipinski definition) is 3. The molecule has 0 aromatic heterocycles. The van der Waals surface area contributed by atoms with Crippen molar-refractivity contribution in [3.05, 3.63) is 23.8 Å². The number of aliphatic hydroxyl groups excluding tert-OH is 1. The van der Waals surface area contributed by atoms with Gasteiger partial charge in [-0.2, -0.15) is 0 Å². The van der Waals surface area contributed by atoms with Gasteiger partial charge in [-0.15, -0.1) is 0 Å². The van der Waals surface area contributed by atoms with Crippen LogP contribution < -0.4 is 20.1 Å². The van der Waals surface area contributed by atoms with E-state index in [1.807, 2.05) is 12.1 Å². The third-order valence-corrected chi connectivity index (χ3v) is 5.63. The summed E-state index contributed by atoms with van der Waals surface area (Å²) in [6, 6.07) is 6.45. The van der Waals surface area contributed by atoms with Gasteiger partial charge in [0.15, 0.2) is 17.5 Å². The van der Waals surface area contributed by atoms with Crippen LogP contribution in [-0.2, 0) is 6.54 Å². The molecular weight excluding hydrogens is 354 g/mol. The van der Waals surface area contributed by atoms with Gasteiger partial charge in [-0.25, -0.2) is 4.99 Å². The van der Waals surface area contributed by atoms with Crippen molar-refractivity contribution in [1.29, 1.82) is 0 Å². The Bertz CT molecular complexity index is 636. The second kappa shape index (κ2) is 10.6. The Hall–Kier alpha value is -1.95. The second-order valence-electron chi connectivity index (χ2n) is 7.85. The van der Waals surface area contributed by atoms with Gasteiger partial charge in [0.25, 0.3) is 0 Å². The fourth-order valence-electron chi connectivity index (χ4n) is 4.00. The maximum Gasteiger partial charge on any atom is 0.191 e. The van der Waals surface area contributed by atoms with Crippen LogP contribution in [0.3, 0.4) is 0 Å². The fraction of sp³-hybridized carbons (Fsp3) is 0.682. The predicted molar refractivity (Wildman–Crippen MR) is 112 cm³/mol. The zero-order valence-corrected chi connectivity index (χ0v) is 17.2. The molecule has 1 aromatic rings. The number of aliphatic hydroxyl groups is 1. The third kappa shape index (κ3) is 6.03. The van der Waals surface area contributed by atoms with Crippen molar-refractivity contribution in [2.24, 2.45) is 4.99 Å². The molecule has 0 spiro atoms. The molecule has 3 N–H and O–H groups in total. The SMILES string of the molecule is CCNC(=NCc1ccc(OC)c(OC2CCCC2)c1)NC1CCC(O)CC1. The number of aliphatic imine (C=N–C) groups is 1. The first-order chi connectivity index (χ1) is 13.7. The summed E-state index contributed by atoms with van der Waals surface area (Å²) < 4.78 is 11.7. The molecule has 0 saturated heterocycles. The topological polar surface area (TPSA) is 75.1 Å². The minimum absolute atomic E-state index is 0.143. The summed E-state index contributed by atoms with van der Waals surface area (Å²) in [7, 11) is 1.68. The fourth-order valence-corrected chi connectivity index (χ4v) is 4.00. The molecule has 0 unspecified atom stereocenters. The number of nitrogens with zero attached hydrogens (tertiary/aromatic N) is 1. The van der Waals surface area contributed by atoms with Crippen molar-refractivity contribution in [2.75, 3.05) is 13.7 Å². The summed E-state index contributed by atoms with van der Waals surface area (Å²) in [6.07, 6.45) is 8.56. The summed E-state index contributed by atoms with van der Waals surface area (Å²) in [6.45, 7) is 3.47. The van der Waals surface area contributed by atoms with E-state index in [0.717, 1.165) is 68.1 Å². The molecule has 6 nitrogen and oxygen atoms in total. The van der Waals surface area contributed by atoms with E-state index in [9.17, 15) is 5.11 Å². The number of ether oxygens (including phenoxy) is 2. The monoisotopic (exact) mass is 389 g/mol.